The number of hydrogen-bond acceptors (Lipinski definition) is 1. The van der Waals surface area contributed by atoms with Crippen LogP contribution < -0.4 is 0 Å². The summed E-state index contributed by atoms with van der Waals surface area (Å²) >= 11 is 5.63. The molecule has 1 nitrogen and oxygen atoms in total. The zero-order valence-corrected chi connectivity index (χ0v) is 9.26. The molecular formula is C11H15ClFN. The molecule has 78 valence electrons. The van der Waals surface area contributed by atoms with E-state index in [9.17, 15) is 4.39 Å². The molecule has 0 bridgehead atoms. The van der Waals surface area contributed by atoms with Crippen LogP contribution in [0.4, 0.5) is 4.39 Å². The van der Waals surface area contributed by atoms with E-state index < -0.39 is 0 Å². The van der Waals surface area contributed by atoms with Gasteiger partial charge in [0.05, 0.1) is 0 Å². The molecule has 0 fully saturated rings. The van der Waals surface area contributed by atoms with Gasteiger partial charge in [0.25, 0.3) is 0 Å². The van der Waals surface area contributed by atoms with Gasteiger partial charge in [0.15, 0.2) is 0 Å². The van der Waals surface area contributed by atoms with Gasteiger partial charge in [0.2, 0.25) is 0 Å². The zero-order valence-electron chi connectivity index (χ0n) is 8.50. The van der Waals surface area contributed by atoms with Crippen molar-refractivity contribution in [2.75, 3.05) is 19.5 Å². The highest BCUT2D eigenvalue weighted by molar-refractivity contribution is 6.18. The number of hydrogen-bond donors (Lipinski definition) is 0. The molecule has 0 N–H and O–H groups in total. The molecule has 0 aromatic heterocycles. The molecule has 14 heavy (non-hydrogen) atoms. The van der Waals surface area contributed by atoms with Crippen LogP contribution >= 0.6 is 11.6 Å². The number of nitrogens with zero attached hydrogens (tertiary/aromatic N) is 1. The van der Waals surface area contributed by atoms with Gasteiger partial charge < -0.3 is 0 Å². The third-order valence-corrected chi connectivity index (χ3v) is 2.62. The van der Waals surface area contributed by atoms with Gasteiger partial charge in [-0.1, -0.05) is 18.2 Å². The Kier molecular flexibility index (Phi) is 4.36. The summed E-state index contributed by atoms with van der Waals surface area (Å²) in [7, 11) is 1.94. The second kappa shape index (κ2) is 5.32. The van der Waals surface area contributed by atoms with E-state index in [4.69, 9.17) is 11.6 Å². The van der Waals surface area contributed by atoms with Crippen molar-refractivity contribution in [3.63, 3.8) is 0 Å². The fraction of sp³-hybridized carbons (Fsp3) is 0.455. The Morgan fingerprint density at radius 1 is 1.43 bits per heavy atom. The molecule has 3 heteroatoms. The molecule has 0 heterocycles. The summed E-state index contributed by atoms with van der Waals surface area (Å²) in [6.07, 6.45) is 0. The summed E-state index contributed by atoms with van der Waals surface area (Å²) in [5.41, 5.74) is 0.722. The van der Waals surface area contributed by atoms with Crippen LogP contribution in [-0.2, 0) is 0 Å². The maximum absolute atomic E-state index is 13.4. The van der Waals surface area contributed by atoms with E-state index in [-0.39, 0.29) is 11.9 Å². The average molecular weight is 216 g/mol. The van der Waals surface area contributed by atoms with E-state index in [0.29, 0.717) is 5.88 Å². The molecule has 1 aromatic carbocycles. The summed E-state index contributed by atoms with van der Waals surface area (Å²) < 4.78 is 13.4. The minimum Gasteiger partial charge on any atom is -0.298 e. The van der Waals surface area contributed by atoms with Gasteiger partial charge in [-0.05, 0) is 20.0 Å². The number of rotatable bonds is 4. The second-order valence-corrected chi connectivity index (χ2v) is 3.75. The number of benzene rings is 1. The highest BCUT2D eigenvalue weighted by Crippen LogP contribution is 2.20. The van der Waals surface area contributed by atoms with E-state index in [1.165, 1.54) is 6.07 Å². The van der Waals surface area contributed by atoms with Gasteiger partial charge in [0.1, 0.15) is 5.82 Å². The van der Waals surface area contributed by atoms with Crippen molar-refractivity contribution < 1.29 is 4.39 Å². The summed E-state index contributed by atoms with van der Waals surface area (Å²) in [5.74, 6) is 0.413. The van der Waals surface area contributed by atoms with E-state index in [0.717, 1.165) is 12.1 Å². The van der Waals surface area contributed by atoms with Crippen molar-refractivity contribution in [2.45, 2.75) is 13.0 Å². The van der Waals surface area contributed by atoms with Crippen molar-refractivity contribution in [1.29, 1.82) is 0 Å². The van der Waals surface area contributed by atoms with Gasteiger partial charge in [0, 0.05) is 24.0 Å². The first kappa shape index (κ1) is 11.5. The Balaban J connectivity index is 2.78. The third kappa shape index (κ3) is 2.69. The van der Waals surface area contributed by atoms with Crippen molar-refractivity contribution in [2.24, 2.45) is 0 Å². The van der Waals surface area contributed by atoms with E-state index in [2.05, 4.69) is 0 Å². The first-order valence-corrected chi connectivity index (χ1v) is 5.21. The Bertz CT molecular complexity index is 290. The molecule has 0 saturated carbocycles. The van der Waals surface area contributed by atoms with Crippen molar-refractivity contribution >= 4 is 11.6 Å². The fourth-order valence-corrected chi connectivity index (χ4v) is 1.64. The maximum atomic E-state index is 13.4. The molecule has 0 aliphatic carbocycles. The summed E-state index contributed by atoms with van der Waals surface area (Å²) in [5, 5.41) is 0. The highest BCUT2D eigenvalue weighted by atomic mass is 35.5. The Morgan fingerprint density at radius 2 is 2.07 bits per heavy atom. The van der Waals surface area contributed by atoms with Crippen LogP contribution in [0.2, 0.25) is 0 Å². The lowest BCUT2D eigenvalue weighted by Gasteiger charge is -2.24. The van der Waals surface area contributed by atoms with Gasteiger partial charge >= 0.3 is 0 Å². The predicted molar refractivity (Wildman–Crippen MR) is 58.2 cm³/mol. The molecule has 0 radical (unpaired) electrons. The Morgan fingerprint density at radius 3 is 2.64 bits per heavy atom. The first-order chi connectivity index (χ1) is 6.66. The highest BCUT2D eigenvalue weighted by Gasteiger charge is 2.13. The number of alkyl halides is 1. The van der Waals surface area contributed by atoms with Crippen molar-refractivity contribution in [3.8, 4) is 0 Å². The topological polar surface area (TPSA) is 3.24 Å². The lowest BCUT2D eigenvalue weighted by molar-refractivity contribution is 0.271. The number of halogens is 2. The Hall–Kier alpha value is -0.600. The quantitative estimate of drug-likeness (QED) is 0.698. The van der Waals surface area contributed by atoms with Crippen LogP contribution in [0.3, 0.4) is 0 Å². The van der Waals surface area contributed by atoms with Crippen LogP contribution in [0.5, 0.6) is 0 Å². The molecule has 1 unspecified atom stereocenters. The second-order valence-electron chi connectivity index (χ2n) is 3.37. The predicted octanol–water partition coefficient (Wildman–Crippen LogP) is 3.06. The fourth-order valence-electron chi connectivity index (χ4n) is 1.38. The van der Waals surface area contributed by atoms with Gasteiger partial charge in [-0.3, -0.25) is 4.90 Å². The summed E-state index contributed by atoms with van der Waals surface area (Å²) in [6, 6.07) is 6.91. The van der Waals surface area contributed by atoms with E-state index >= 15 is 0 Å². The van der Waals surface area contributed by atoms with Crippen LogP contribution in [0.25, 0.3) is 0 Å². The average Bonchev–Trinajstić information content (AvgIpc) is 2.18. The molecule has 0 aliphatic heterocycles. The molecule has 1 aromatic rings. The van der Waals surface area contributed by atoms with Crippen LogP contribution in [0.15, 0.2) is 24.3 Å². The summed E-state index contributed by atoms with van der Waals surface area (Å²) in [6.45, 7) is 2.74. The SMILES string of the molecule is CC(c1ccccc1F)N(C)CCCl. The molecule has 0 saturated heterocycles. The van der Waals surface area contributed by atoms with Crippen molar-refractivity contribution in [3.05, 3.63) is 35.6 Å². The summed E-state index contributed by atoms with van der Waals surface area (Å²) in [4.78, 5) is 2.03. The minimum atomic E-state index is -0.151. The zero-order chi connectivity index (χ0) is 10.6. The largest absolute Gasteiger partial charge is 0.298 e. The van der Waals surface area contributed by atoms with Gasteiger partial charge in [-0.15, -0.1) is 11.6 Å². The van der Waals surface area contributed by atoms with Crippen LogP contribution in [-0.4, -0.2) is 24.4 Å². The Labute approximate surface area is 89.5 Å². The maximum Gasteiger partial charge on any atom is 0.127 e. The van der Waals surface area contributed by atoms with Crippen LogP contribution in [0, 0.1) is 5.82 Å². The van der Waals surface area contributed by atoms with Gasteiger partial charge in [-0.25, -0.2) is 4.39 Å². The molecule has 0 aliphatic rings. The molecule has 1 rings (SSSR count). The first-order valence-electron chi connectivity index (χ1n) is 4.67. The van der Waals surface area contributed by atoms with Crippen molar-refractivity contribution in [1.82, 2.24) is 4.90 Å². The van der Waals surface area contributed by atoms with Crippen LogP contribution in [0.1, 0.15) is 18.5 Å². The van der Waals surface area contributed by atoms with E-state index in [1.807, 2.05) is 31.0 Å². The van der Waals surface area contributed by atoms with Gasteiger partial charge in [-0.2, -0.15) is 0 Å². The lowest BCUT2D eigenvalue weighted by Crippen LogP contribution is -2.25. The minimum absolute atomic E-state index is 0.0648. The smallest absolute Gasteiger partial charge is 0.127 e. The monoisotopic (exact) mass is 215 g/mol. The normalized spacial score (nSPS) is 13.2. The molecular weight excluding hydrogens is 201 g/mol. The standard InChI is InChI=1S/C11H15ClFN/c1-9(14(2)8-7-12)10-5-3-4-6-11(10)13/h3-6,9H,7-8H2,1-2H3. The van der Waals surface area contributed by atoms with E-state index in [1.54, 1.807) is 6.07 Å². The lowest BCUT2D eigenvalue weighted by atomic mass is 10.1. The molecule has 0 amide bonds. The molecule has 1 atom stereocenters. The third-order valence-electron chi connectivity index (χ3n) is 2.45. The molecule has 0 spiro atoms.